The number of hydrogen-bond acceptors (Lipinski definition) is 4. The third-order valence-electron chi connectivity index (χ3n) is 4.69. The van der Waals surface area contributed by atoms with Crippen LogP contribution in [0.5, 0.6) is 0 Å². The normalized spacial score (nSPS) is 24.4. The van der Waals surface area contributed by atoms with Crippen LogP contribution >= 0.6 is 11.3 Å². The van der Waals surface area contributed by atoms with Crippen molar-refractivity contribution in [2.45, 2.75) is 37.8 Å². The minimum atomic E-state index is -0.281. The second-order valence-electron chi connectivity index (χ2n) is 5.90. The summed E-state index contributed by atoms with van der Waals surface area (Å²) in [5, 5.41) is 4.69. The summed E-state index contributed by atoms with van der Waals surface area (Å²) in [7, 11) is 2.02. The number of rotatable bonds is 2. The van der Waals surface area contributed by atoms with Crippen molar-refractivity contribution in [3.63, 3.8) is 0 Å². The van der Waals surface area contributed by atoms with Crippen LogP contribution < -0.4 is 5.32 Å². The molecule has 0 saturated heterocycles. The molecule has 4 heteroatoms. The second-order valence-corrected chi connectivity index (χ2v) is 6.98. The van der Waals surface area contributed by atoms with Crippen molar-refractivity contribution in [1.29, 1.82) is 0 Å². The predicted octanol–water partition coefficient (Wildman–Crippen LogP) is 3.02. The standard InChI is InChI=1S/C17H20N2OS/c1-18-17(11-20-10-12-6-2-3-7-13(12)17)16-19-14-8-4-5-9-15(14)21-16/h2-3,6-7,18H,4-5,8-11H2,1H3. The Hall–Kier alpha value is -1.23. The van der Waals surface area contributed by atoms with Crippen molar-refractivity contribution in [2.24, 2.45) is 0 Å². The minimum absolute atomic E-state index is 0.281. The number of likely N-dealkylation sites (N-methyl/N-ethyl adjacent to an activating group) is 1. The molecule has 1 aromatic carbocycles. The number of fused-ring (bicyclic) bond motifs is 2. The number of aromatic nitrogens is 1. The van der Waals surface area contributed by atoms with Gasteiger partial charge < -0.3 is 10.1 Å². The van der Waals surface area contributed by atoms with Crippen molar-refractivity contribution in [1.82, 2.24) is 10.3 Å². The van der Waals surface area contributed by atoms with Gasteiger partial charge in [0.1, 0.15) is 10.5 Å². The first-order valence-electron chi connectivity index (χ1n) is 7.67. The summed E-state index contributed by atoms with van der Waals surface area (Å²) in [5.74, 6) is 0. The van der Waals surface area contributed by atoms with E-state index in [9.17, 15) is 0 Å². The number of benzene rings is 1. The fourth-order valence-electron chi connectivity index (χ4n) is 3.48. The number of thiazole rings is 1. The monoisotopic (exact) mass is 300 g/mol. The summed E-state index contributed by atoms with van der Waals surface area (Å²) >= 11 is 1.88. The van der Waals surface area contributed by atoms with Crippen molar-refractivity contribution in [3.8, 4) is 0 Å². The predicted molar refractivity (Wildman–Crippen MR) is 84.7 cm³/mol. The highest BCUT2D eigenvalue weighted by molar-refractivity contribution is 7.12. The first-order chi connectivity index (χ1) is 10.3. The van der Waals surface area contributed by atoms with Gasteiger partial charge in [0, 0.05) is 4.88 Å². The van der Waals surface area contributed by atoms with Crippen molar-refractivity contribution in [2.75, 3.05) is 13.7 Å². The van der Waals surface area contributed by atoms with Gasteiger partial charge >= 0.3 is 0 Å². The van der Waals surface area contributed by atoms with Gasteiger partial charge in [0.15, 0.2) is 0 Å². The minimum Gasteiger partial charge on any atom is -0.374 e. The summed E-state index contributed by atoms with van der Waals surface area (Å²) in [6.45, 7) is 1.36. The lowest BCUT2D eigenvalue weighted by Gasteiger charge is -2.37. The molecular formula is C17H20N2OS. The van der Waals surface area contributed by atoms with Crippen LogP contribution in [0.25, 0.3) is 0 Å². The number of nitrogens with zero attached hydrogens (tertiary/aromatic N) is 1. The van der Waals surface area contributed by atoms with E-state index in [0.29, 0.717) is 13.2 Å². The highest BCUT2D eigenvalue weighted by Gasteiger charge is 2.41. The maximum atomic E-state index is 5.89. The van der Waals surface area contributed by atoms with E-state index < -0.39 is 0 Å². The summed E-state index contributed by atoms with van der Waals surface area (Å²) in [6.07, 6.45) is 4.90. The molecule has 2 aliphatic rings. The Kier molecular flexibility index (Phi) is 3.32. The van der Waals surface area contributed by atoms with E-state index in [0.717, 1.165) is 6.42 Å². The molecule has 2 heterocycles. The molecule has 0 bridgehead atoms. The van der Waals surface area contributed by atoms with E-state index in [1.165, 1.54) is 46.0 Å². The lowest BCUT2D eigenvalue weighted by molar-refractivity contribution is 0.0554. The molecule has 110 valence electrons. The number of ether oxygens (including phenoxy) is 1. The summed E-state index contributed by atoms with van der Waals surface area (Å²) in [5.41, 5.74) is 3.63. The van der Waals surface area contributed by atoms with Crippen molar-refractivity contribution in [3.05, 3.63) is 51.0 Å². The Labute approximate surface area is 129 Å². The molecule has 0 saturated carbocycles. The van der Waals surface area contributed by atoms with E-state index in [4.69, 9.17) is 9.72 Å². The van der Waals surface area contributed by atoms with Gasteiger partial charge in [-0.1, -0.05) is 24.3 Å². The van der Waals surface area contributed by atoms with E-state index in [1.807, 2.05) is 18.4 Å². The molecule has 0 spiro atoms. The number of nitrogens with one attached hydrogen (secondary N) is 1. The van der Waals surface area contributed by atoms with Crippen LogP contribution in [0.2, 0.25) is 0 Å². The van der Waals surface area contributed by atoms with Gasteiger partial charge in [-0.2, -0.15) is 0 Å². The summed E-state index contributed by atoms with van der Waals surface area (Å²) < 4.78 is 5.89. The summed E-state index contributed by atoms with van der Waals surface area (Å²) in [4.78, 5) is 6.47. The Balaban J connectivity index is 1.86. The molecular weight excluding hydrogens is 280 g/mol. The van der Waals surface area contributed by atoms with Crippen LogP contribution in [0.3, 0.4) is 0 Å². The fourth-order valence-corrected chi connectivity index (χ4v) is 4.83. The third kappa shape index (κ3) is 2.05. The average Bonchev–Trinajstić information content (AvgIpc) is 2.98. The number of hydrogen-bond donors (Lipinski definition) is 1. The number of aryl methyl sites for hydroxylation is 2. The average molecular weight is 300 g/mol. The zero-order valence-electron chi connectivity index (χ0n) is 12.3. The molecule has 0 fully saturated rings. The molecule has 21 heavy (non-hydrogen) atoms. The van der Waals surface area contributed by atoms with E-state index >= 15 is 0 Å². The zero-order valence-corrected chi connectivity index (χ0v) is 13.1. The molecule has 3 nitrogen and oxygen atoms in total. The van der Waals surface area contributed by atoms with Crippen molar-refractivity contribution >= 4 is 11.3 Å². The highest BCUT2D eigenvalue weighted by atomic mass is 32.1. The van der Waals surface area contributed by atoms with Crippen LogP contribution in [0, 0.1) is 0 Å². The molecule has 0 radical (unpaired) electrons. The van der Waals surface area contributed by atoms with Gasteiger partial charge in [-0.25, -0.2) is 4.98 Å². The third-order valence-corrected chi connectivity index (χ3v) is 6.01. The molecule has 1 atom stereocenters. The maximum absolute atomic E-state index is 5.89. The quantitative estimate of drug-likeness (QED) is 0.926. The first-order valence-corrected chi connectivity index (χ1v) is 8.49. The Morgan fingerprint density at radius 2 is 2.10 bits per heavy atom. The Morgan fingerprint density at radius 3 is 2.95 bits per heavy atom. The molecule has 1 aliphatic heterocycles. The lowest BCUT2D eigenvalue weighted by atomic mass is 9.86. The van der Waals surface area contributed by atoms with Gasteiger partial charge in [0.2, 0.25) is 0 Å². The van der Waals surface area contributed by atoms with Gasteiger partial charge in [0.25, 0.3) is 0 Å². The van der Waals surface area contributed by atoms with Crippen LogP contribution in [-0.4, -0.2) is 18.6 Å². The summed E-state index contributed by atoms with van der Waals surface area (Å²) in [6, 6.07) is 8.58. The van der Waals surface area contributed by atoms with Crippen LogP contribution in [0.4, 0.5) is 0 Å². The second kappa shape index (κ2) is 5.20. The Bertz CT molecular complexity index is 643. The molecule has 1 N–H and O–H groups in total. The van der Waals surface area contributed by atoms with Gasteiger partial charge in [-0.05, 0) is 43.9 Å². The SMILES string of the molecule is CNC1(c2nc3c(s2)CCCC3)COCc2ccccc21. The molecule has 2 aromatic rings. The topological polar surface area (TPSA) is 34.2 Å². The lowest BCUT2D eigenvalue weighted by Crippen LogP contribution is -2.48. The maximum Gasteiger partial charge on any atom is 0.120 e. The molecule has 1 aromatic heterocycles. The molecule has 0 amide bonds. The van der Waals surface area contributed by atoms with Crippen LogP contribution in [0.15, 0.2) is 24.3 Å². The van der Waals surface area contributed by atoms with Crippen LogP contribution in [-0.2, 0) is 29.7 Å². The largest absolute Gasteiger partial charge is 0.374 e. The zero-order chi connectivity index (χ0) is 14.3. The van der Waals surface area contributed by atoms with E-state index in [2.05, 4.69) is 29.6 Å². The van der Waals surface area contributed by atoms with Crippen molar-refractivity contribution < 1.29 is 4.74 Å². The molecule has 1 unspecified atom stereocenters. The van der Waals surface area contributed by atoms with E-state index in [-0.39, 0.29) is 5.54 Å². The first kappa shape index (κ1) is 13.4. The highest BCUT2D eigenvalue weighted by Crippen LogP contribution is 2.40. The van der Waals surface area contributed by atoms with E-state index in [1.54, 1.807) is 0 Å². The molecule has 4 rings (SSSR count). The molecule has 1 aliphatic carbocycles. The van der Waals surface area contributed by atoms with Gasteiger partial charge in [-0.15, -0.1) is 11.3 Å². The fraction of sp³-hybridized carbons (Fsp3) is 0.471. The van der Waals surface area contributed by atoms with Gasteiger partial charge in [0.05, 0.1) is 18.9 Å². The van der Waals surface area contributed by atoms with Crippen LogP contribution in [0.1, 0.15) is 39.5 Å². The Morgan fingerprint density at radius 1 is 1.24 bits per heavy atom. The van der Waals surface area contributed by atoms with Gasteiger partial charge in [-0.3, -0.25) is 0 Å². The smallest absolute Gasteiger partial charge is 0.120 e.